The van der Waals surface area contributed by atoms with E-state index in [2.05, 4.69) is 15.9 Å². The number of rotatable bonds is 7. The van der Waals surface area contributed by atoms with Gasteiger partial charge in [-0.25, -0.2) is 0 Å². The number of halogens is 2. The second kappa shape index (κ2) is 9.03. The molecule has 7 nitrogen and oxygen atoms in total. The van der Waals surface area contributed by atoms with Crippen molar-refractivity contribution in [2.24, 2.45) is 17.8 Å². The Morgan fingerprint density at radius 3 is 2.04 bits per heavy atom. The molecule has 1 aliphatic heterocycles. The summed E-state index contributed by atoms with van der Waals surface area (Å²) in [6.45, 7) is 1.69. The number of carboxylic acids is 3. The molecule has 148 valence electrons. The van der Waals surface area contributed by atoms with Crippen LogP contribution in [0.25, 0.3) is 0 Å². The zero-order valence-electron chi connectivity index (χ0n) is 14.5. The summed E-state index contributed by atoms with van der Waals surface area (Å²) in [6.07, 6.45) is -2.17. The summed E-state index contributed by atoms with van der Waals surface area (Å²) in [4.78, 5) is 34.1. The Labute approximate surface area is 169 Å². The molecule has 1 aromatic rings. The maximum atomic E-state index is 11.5. The number of hydrogen-bond donors (Lipinski definition) is 3. The minimum absolute atomic E-state index is 0.285. The Morgan fingerprint density at radius 2 is 1.52 bits per heavy atom. The van der Waals surface area contributed by atoms with Crippen LogP contribution >= 0.6 is 27.5 Å². The summed E-state index contributed by atoms with van der Waals surface area (Å²) >= 11 is 9.35. The van der Waals surface area contributed by atoms with E-state index in [1.165, 1.54) is 0 Å². The lowest BCUT2D eigenvalue weighted by Crippen LogP contribution is -2.45. The van der Waals surface area contributed by atoms with Gasteiger partial charge in [-0.15, -0.1) is 0 Å². The van der Waals surface area contributed by atoms with Crippen LogP contribution in [0.3, 0.4) is 0 Å². The summed E-state index contributed by atoms with van der Waals surface area (Å²) in [5, 5.41) is 28.4. The highest BCUT2D eigenvalue weighted by molar-refractivity contribution is 9.10. The van der Waals surface area contributed by atoms with Crippen molar-refractivity contribution >= 4 is 45.4 Å². The molecule has 0 saturated carbocycles. The van der Waals surface area contributed by atoms with Gasteiger partial charge in [-0.1, -0.05) is 17.7 Å². The number of benzene rings is 1. The van der Waals surface area contributed by atoms with Crippen molar-refractivity contribution in [3.63, 3.8) is 0 Å². The molecule has 1 heterocycles. The highest BCUT2D eigenvalue weighted by Crippen LogP contribution is 2.48. The number of aliphatic carboxylic acids is 3. The molecule has 1 fully saturated rings. The standard InChI is InChI=1S/C18H20BrClO7/c1-8-10(5-15(21)22)11(6-16(23)24)12(7-17(25)26)18(27-8)9-2-3-14(20)13(19)4-9/h2-4,8,10-12,18H,5-7H2,1H3,(H,21,22)(H,23,24)(H,25,26). The Bertz CT molecular complexity index is 738. The van der Waals surface area contributed by atoms with Crippen LogP contribution in [0.1, 0.15) is 37.9 Å². The third kappa shape index (κ3) is 5.43. The molecule has 0 spiro atoms. The van der Waals surface area contributed by atoms with Crippen LogP contribution in [0.5, 0.6) is 0 Å². The fraction of sp³-hybridized carbons (Fsp3) is 0.500. The summed E-state index contributed by atoms with van der Waals surface area (Å²) < 4.78 is 6.63. The lowest BCUT2D eigenvalue weighted by molar-refractivity contribution is -0.172. The van der Waals surface area contributed by atoms with Crippen LogP contribution in [-0.4, -0.2) is 39.3 Å². The second-order valence-electron chi connectivity index (χ2n) is 6.72. The SMILES string of the molecule is CC1OC(c2ccc(Cl)c(Br)c2)C(CC(=O)O)C(CC(=O)O)C1CC(=O)O. The fourth-order valence-electron chi connectivity index (χ4n) is 3.82. The summed E-state index contributed by atoms with van der Waals surface area (Å²) in [5.41, 5.74) is 0.661. The van der Waals surface area contributed by atoms with Gasteiger partial charge >= 0.3 is 17.9 Å². The number of hydrogen-bond acceptors (Lipinski definition) is 4. The predicted octanol–water partition coefficient (Wildman–Crippen LogP) is 3.84. The topological polar surface area (TPSA) is 121 Å². The van der Waals surface area contributed by atoms with Crippen LogP contribution < -0.4 is 0 Å². The van der Waals surface area contributed by atoms with E-state index in [9.17, 15) is 29.7 Å². The minimum Gasteiger partial charge on any atom is -0.481 e. The number of carbonyl (C=O) groups is 3. The monoisotopic (exact) mass is 462 g/mol. The van der Waals surface area contributed by atoms with Crippen molar-refractivity contribution < 1.29 is 34.4 Å². The van der Waals surface area contributed by atoms with E-state index in [0.29, 0.717) is 15.1 Å². The average Bonchev–Trinajstić information content (AvgIpc) is 2.54. The summed E-state index contributed by atoms with van der Waals surface area (Å²) in [7, 11) is 0. The smallest absolute Gasteiger partial charge is 0.303 e. The van der Waals surface area contributed by atoms with Crippen molar-refractivity contribution in [3.8, 4) is 0 Å². The number of ether oxygens (including phenoxy) is 1. The van der Waals surface area contributed by atoms with Gasteiger partial charge < -0.3 is 20.1 Å². The van der Waals surface area contributed by atoms with Gasteiger partial charge in [-0.2, -0.15) is 0 Å². The van der Waals surface area contributed by atoms with Gasteiger partial charge in [0.1, 0.15) is 0 Å². The first kappa shape index (κ1) is 21.7. The van der Waals surface area contributed by atoms with Crippen molar-refractivity contribution in [2.75, 3.05) is 0 Å². The third-order valence-corrected chi connectivity index (χ3v) is 6.17. The minimum atomic E-state index is -1.10. The molecule has 1 aliphatic rings. The van der Waals surface area contributed by atoms with Gasteiger partial charge in [0, 0.05) is 16.8 Å². The molecule has 5 unspecified atom stereocenters. The molecular formula is C18H20BrClO7. The van der Waals surface area contributed by atoms with Gasteiger partial charge in [-0.3, -0.25) is 14.4 Å². The predicted molar refractivity (Wildman–Crippen MR) is 99.7 cm³/mol. The molecule has 1 aromatic carbocycles. The zero-order valence-corrected chi connectivity index (χ0v) is 16.8. The van der Waals surface area contributed by atoms with Gasteiger partial charge in [0.15, 0.2) is 0 Å². The van der Waals surface area contributed by atoms with Crippen molar-refractivity contribution in [2.45, 2.75) is 38.4 Å². The van der Waals surface area contributed by atoms with Gasteiger partial charge in [0.05, 0.1) is 30.1 Å². The average molecular weight is 464 g/mol. The molecule has 2 rings (SSSR count). The van der Waals surface area contributed by atoms with E-state index in [4.69, 9.17) is 16.3 Å². The van der Waals surface area contributed by atoms with Gasteiger partial charge in [-0.05, 0) is 52.4 Å². The molecule has 0 aromatic heterocycles. The highest BCUT2D eigenvalue weighted by atomic mass is 79.9. The maximum Gasteiger partial charge on any atom is 0.303 e. The van der Waals surface area contributed by atoms with Crippen molar-refractivity contribution in [1.82, 2.24) is 0 Å². The molecule has 0 amide bonds. The van der Waals surface area contributed by atoms with E-state index >= 15 is 0 Å². The molecule has 1 saturated heterocycles. The first-order valence-corrected chi connectivity index (χ1v) is 9.53. The van der Waals surface area contributed by atoms with Crippen LogP contribution in [0.2, 0.25) is 5.02 Å². The second-order valence-corrected chi connectivity index (χ2v) is 7.98. The van der Waals surface area contributed by atoms with Crippen LogP contribution in [-0.2, 0) is 19.1 Å². The van der Waals surface area contributed by atoms with Crippen LogP contribution in [0.15, 0.2) is 22.7 Å². The molecule has 5 atom stereocenters. The molecule has 9 heteroatoms. The molecule has 27 heavy (non-hydrogen) atoms. The van der Waals surface area contributed by atoms with E-state index in [1.54, 1.807) is 25.1 Å². The van der Waals surface area contributed by atoms with Gasteiger partial charge in [0.25, 0.3) is 0 Å². The summed E-state index contributed by atoms with van der Waals surface area (Å²) in [6, 6.07) is 5.06. The van der Waals surface area contributed by atoms with Crippen LogP contribution in [0.4, 0.5) is 0 Å². The van der Waals surface area contributed by atoms with E-state index in [1.807, 2.05) is 0 Å². The molecule has 0 bridgehead atoms. The lowest BCUT2D eigenvalue weighted by atomic mass is 9.68. The van der Waals surface area contributed by atoms with Gasteiger partial charge in [0.2, 0.25) is 0 Å². The largest absolute Gasteiger partial charge is 0.481 e. The molecule has 0 radical (unpaired) electrons. The van der Waals surface area contributed by atoms with Crippen molar-refractivity contribution in [3.05, 3.63) is 33.3 Å². The first-order valence-electron chi connectivity index (χ1n) is 8.36. The van der Waals surface area contributed by atoms with Crippen LogP contribution in [0, 0.1) is 17.8 Å². The normalized spacial score (nSPS) is 27.9. The Morgan fingerprint density at radius 1 is 1.00 bits per heavy atom. The third-order valence-electron chi connectivity index (χ3n) is 4.96. The van der Waals surface area contributed by atoms with E-state index in [0.717, 1.165) is 0 Å². The molecule has 3 N–H and O–H groups in total. The maximum absolute atomic E-state index is 11.5. The highest BCUT2D eigenvalue weighted by Gasteiger charge is 2.46. The fourth-order valence-corrected chi connectivity index (χ4v) is 4.34. The van der Waals surface area contributed by atoms with Crippen molar-refractivity contribution in [1.29, 1.82) is 0 Å². The number of carboxylic acid groups (broad SMARTS) is 3. The Hall–Kier alpha value is -1.64. The zero-order chi connectivity index (χ0) is 20.3. The Kier molecular flexibility index (Phi) is 7.25. The quantitative estimate of drug-likeness (QED) is 0.562. The molecular weight excluding hydrogens is 444 g/mol. The molecule has 0 aliphatic carbocycles. The summed E-state index contributed by atoms with van der Waals surface area (Å²) in [5.74, 6) is -5.22. The van der Waals surface area contributed by atoms with E-state index < -0.39 is 47.9 Å². The lowest BCUT2D eigenvalue weighted by Gasteiger charge is -2.45. The van der Waals surface area contributed by atoms with E-state index in [-0.39, 0.29) is 19.3 Å². The Balaban J connectivity index is 2.48. The first-order chi connectivity index (χ1) is 12.6.